The van der Waals surface area contributed by atoms with E-state index in [9.17, 15) is 0 Å². The van der Waals surface area contributed by atoms with Crippen LogP contribution in [-0.2, 0) is 4.74 Å². The Hall–Kier alpha value is -0.520. The molecule has 0 saturated carbocycles. The van der Waals surface area contributed by atoms with Gasteiger partial charge in [0.05, 0.1) is 16.7 Å². The van der Waals surface area contributed by atoms with Crippen LogP contribution in [0.2, 0.25) is 0 Å². The molecule has 5 heteroatoms. The lowest BCUT2D eigenvalue weighted by Crippen LogP contribution is -2.15. The summed E-state index contributed by atoms with van der Waals surface area (Å²) >= 11 is 1.44. The maximum absolute atomic E-state index is 6.23. The molecule has 1 saturated heterocycles. The molecule has 1 aliphatic heterocycles. The largest absolute Gasteiger partial charge is 0.378 e. The first-order chi connectivity index (χ1) is 8.18. The van der Waals surface area contributed by atoms with Gasteiger partial charge in [0.15, 0.2) is 0 Å². The molecule has 0 spiro atoms. The maximum Gasteiger partial charge on any atom is 0.0828 e. The molecule has 0 bridgehead atoms. The number of ether oxygens (including phenoxy) is 1. The summed E-state index contributed by atoms with van der Waals surface area (Å²) in [6.07, 6.45) is 4.82. The third-order valence-corrected chi connectivity index (χ3v) is 4.12. The van der Waals surface area contributed by atoms with Crippen LogP contribution in [0.15, 0.2) is 0 Å². The zero-order valence-corrected chi connectivity index (χ0v) is 11.4. The fourth-order valence-electron chi connectivity index (χ4n) is 2.23. The van der Waals surface area contributed by atoms with E-state index in [4.69, 9.17) is 10.5 Å². The Balaban J connectivity index is 1.89. The van der Waals surface area contributed by atoms with E-state index in [0.29, 0.717) is 12.0 Å². The molecule has 1 aromatic heterocycles. The van der Waals surface area contributed by atoms with E-state index in [1.54, 1.807) is 0 Å². The van der Waals surface area contributed by atoms with Gasteiger partial charge in [0.1, 0.15) is 0 Å². The van der Waals surface area contributed by atoms with Gasteiger partial charge in [-0.2, -0.15) is 0 Å². The molecule has 1 fully saturated rings. The average molecular weight is 255 g/mol. The second-order valence-corrected chi connectivity index (χ2v) is 5.78. The highest BCUT2D eigenvalue weighted by molar-refractivity contribution is 7.05. The summed E-state index contributed by atoms with van der Waals surface area (Å²) in [4.78, 5) is 1.15. The van der Waals surface area contributed by atoms with Crippen LogP contribution < -0.4 is 5.73 Å². The Kier molecular flexibility index (Phi) is 4.48. The molecule has 1 aliphatic rings. The van der Waals surface area contributed by atoms with Crippen molar-refractivity contribution in [2.45, 2.75) is 57.6 Å². The highest BCUT2D eigenvalue weighted by atomic mass is 32.1. The van der Waals surface area contributed by atoms with Gasteiger partial charge in [0.2, 0.25) is 0 Å². The number of nitrogens with two attached hydrogens (primary N) is 1. The summed E-state index contributed by atoms with van der Waals surface area (Å²) in [6.45, 7) is 5.18. The topological polar surface area (TPSA) is 61.0 Å². The van der Waals surface area contributed by atoms with E-state index >= 15 is 0 Å². The molecule has 2 N–H and O–H groups in total. The SMILES string of the molecule is CC(C)c1nnsc1C(N)CCC1CCCO1. The summed E-state index contributed by atoms with van der Waals surface area (Å²) in [5.41, 5.74) is 7.30. The Labute approximate surface area is 107 Å². The predicted molar refractivity (Wildman–Crippen MR) is 69.1 cm³/mol. The Bertz CT molecular complexity index is 347. The molecule has 4 nitrogen and oxygen atoms in total. The first-order valence-corrected chi connectivity index (χ1v) is 7.15. The van der Waals surface area contributed by atoms with Gasteiger partial charge in [-0.25, -0.2) is 0 Å². The van der Waals surface area contributed by atoms with Gasteiger partial charge in [-0.3, -0.25) is 0 Å². The Morgan fingerprint density at radius 1 is 1.53 bits per heavy atom. The quantitative estimate of drug-likeness (QED) is 0.878. The van der Waals surface area contributed by atoms with Crippen molar-refractivity contribution in [1.29, 1.82) is 0 Å². The predicted octanol–water partition coefficient (Wildman–Crippen LogP) is 2.62. The number of hydrogen-bond acceptors (Lipinski definition) is 5. The van der Waals surface area contributed by atoms with Crippen molar-refractivity contribution in [3.8, 4) is 0 Å². The summed E-state index contributed by atoms with van der Waals surface area (Å²) in [7, 11) is 0. The third-order valence-electron chi connectivity index (χ3n) is 3.25. The summed E-state index contributed by atoms with van der Waals surface area (Å²) in [5, 5.41) is 4.17. The molecule has 17 heavy (non-hydrogen) atoms. The molecule has 0 aromatic carbocycles. The Morgan fingerprint density at radius 2 is 2.35 bits per heavy atom. The first-order valence-electron chi connectivity index (χ1n) is 6.37. The lowest BCUT2D eigenvalue weighted by molar-refractivity contribution is 0.101. The second kappa shape index (κ2) is 5.89. The van der Waals surface area contributed by atoms with Crippen molar-refractivity contribution in [3.63, 3.8) is 0 Å². The molecule has 0 amide bonds. The van der Waals surface area contributed by atoms with Gasteiger partial charge < -0.3 is 10.5 Å². The van der Waals surface area contributed by atoms with Crippen molar-refractivity contribution in [2.75, 3.05) is 6.61 Å². The molecule has 1 aromatic rings. The first kappa shape index (κ1) is 12.9. The molecular weight excluding hydrogens is 234 g/mol. The van der Waals surface area contributed by atoms with E-state index < -0.39 is 0 Å². The van der Waals surface area contributed by atoms with E-state index in [-0.39, 0.29) is 6.04 Å². The monoisotopic (exact) mass is 255 g/mol. The molecule has 2 rings (SSSR count). The maximum atomic E-state index is 6.23. The van der Waals surface area contributed by atoms with Crippen LogP contribution in [0, 0.1) is 0 Å². The number of rotatable bonds is 5. The van der Waals surface area contributed by atoms with Gasteiger partial charge in [0.25, 0.3) is 0 Å². The van der Waals surface area contributed by atoms with Crippen molar-refractivity contribution in [2.24, 2.45) is 5.73 Å². The molecule has 96 valence electrons. The number of nitrogens with zero attached hydrogens (tertiary/aromatic N) is 2. The van der Waals surface area contributed by atoms with Gasteiger partial charge >= 0.3 is 0 Å². The molecule has 2 atom stereocenters. The smallest absolute Gasteiger partial charge is 0.0828 e. The summed E-state index contributed by atoms with van der Waals surface area (Å²) in [6, 6.07) is 0.0663. The number of aromatic nitrogens is 2. The van der Waals surface area contributed by atoms with Crippen LogP contribution >= 0.6 is 11.5 Å². The molecule has 2 heterocycles. The van der Waals surface area contributed by atoms with Crippen LogP contribution in [-0.4, -0.2) is 22.3 Å². The average Bonchev–Trinajstić information content (AvgIpc) is 2.96. The van der Waals surface area contributed by atoms with E-state index in [2.05, 4.69) is 23.4 Å². The highest BCUT2D eigenvalue weighted by Gasteiger charge is 2.21. The van der Waals surface area contributed by atoms with Crippen molar-refractivity contribution in [3.05, 3.63) is 10.6 Å². The van der Waals surface area contributed by atoms with Crippen molar-refractivity contribution < 1.29 is 4.74 Å². The second-order valence-electron chi connectivity index (χ2n) is 5.00. The minimum absolute atomic E-state index is 0.0663. The standard InChI is InChI=1S/C12H21N3OS/c1-8(2)11-12(17-15-14-11)10(13)6-5-9-4-3-7-16-9/h8-10H,3-7,13H2,1-2H3. The lowest BCUT2D eigenvalue weighted by atomic mass is 10.0. The van der Waals surface area contributed by atoms with Crippen molar-refractivity contribution in [1.82, 2.24) is 9.59 Å². The third kappa shape index (κ3) is 3.24. The van der Waals surface area contributed by atoms with E-state index in [0.717, 1.165) is 30.0 Å². The van der Waals surface area contributed by atoms with Crippen LogP contribution in [0.4, 0.5) is 0 Å². The molecule has 0 radical (unpaired) electrons. The molecule has 2 unspecified atom stereocenters. The molecule has 0 aliphatic carbocycles. The fourth-order valence-corrected chi connectivity index (χ4v) is 3.07. The Morgan fingerprint density at radius 3 is 3.00 bits per heavy atom. The zero-order chi connectivity index (χ0) is 12.3. The fraction of sp³-hybridized carbons (Fsp3) is 0.833. The minimum atomic E-state index is 0.0663. The highest BCUT2D eigenvalue weighted by Crippen LogP contribution is 2.29. The van der Waals surface area contributed by atoms with Crippen LogP contribution in [0.1, 0.15) is 62.1 Å². The normalized spacial score (nSPS) is 22.2. The van der Waals surface area contributed by atoms with Gasteiger partial charge in [-0.05, 0) is 43.1 Å². The van der Waals surface area contributed by atoms with Crippen LogP contribution in [0.25, 0.3) is 0 Å². The zero-order valence-electron chi connectivity index (χ0n) is 10.6. The van der Waals surface area contributed by atoms with Gasteiger partial charge in [-0.15, -0.1) is 5.10 Å². The minimum Gasteiger partial charge on any atom is -0.378 e. The van der Waals surface area contributed by atoms with Crippen LogP contribution in [0.5, 0.6) is 0 Å². The number of hydrogen-bond donors (Lipinski definition) is 1. The van der Waals surface area contributed by atoms with E-state index in [1.807, 2.05) is 0 Å². The lowest BCUT2D eigenvalue weighted by Gasteiger charge is -2.14. The summed E-state index contributed by atoms with van der Waals surface area (Å²) < 4.78 is 9.64. The molecular formula is C12H21N3OS. The van der Waals surface area contributed by atoms with E-state index in [1.165, 1.54) is 24.4 Å². The van der Waals surface area contributed by atoms with Gasteiger partial charge in [-0.1, -0.05) is 18.3 Å². The van der Waals surface area contributed by atoms with Crippen LogP contribution in [0.3, 0.4) is 0 Å². The van der Waals surface area contributed by atoms with Crippen molar-refractivity contribution >= 4 is 11.5 Å². The summed E-state index contributed by atoms with van der Waals surface area (Å²) in [5.74, 6) is 0.400. The van der Waals surface area contributed by atoms with Gasteiger partial charge in [0, 0.05) is 12.6 Å².